The van der Waals surface area contributed by atoms with Crippen LogP contribution >= 0.6 is 0 Å². The summed E-state index contributed by atoms with van der Waals surface area (Å²) in [6.45, 7) is 10.2. The Labute approximate surface area is 105 Å². The summed E-state index contributed by atoms with van der Waals surface area (Å²) in [6, 6.07) is 0.119. The van der Waals surface area contributed by atoms with Crippen LogP contribution in [0, 0.1) is 0 Å². The second kappa shape index (κ2) is 5.65. The topological polar surface area (TPSA) is 67.4 Å². The van der Waals surface area contributed by atoms with Gasteiger partial charge < -0.3 is 10.1 Å². The molecule has 0 rings (SSSR count). The standard InChI is InChI=1S/C11H26N2O3S/c1-9(11(4,5)16-6)12-8-10(2,3)13-17(7,14)15/h9,12-13H,8H2,1-7H3. The quantitative estimate of drug-likeness (QED) is 0.712. The van der Waals surface area contributed by atoms with Crippen molar-refractivity contribution in [3.63, 3.8) is 0 Å². The van der Waals surface area contributed by atoms with Crippen molar-refractivity contribution in [1.29, 1.82) is 0 Å². The van der Waals surface area contributed by atoms with Crippen LogP contribution in [0.25, 0.3) is 0 Å². The predicted molar refractivity (Wildman–Crippen MR) is 70.6 cm³/mol. The number of hydrogen-bond acceptors (Lipinski definition) is 4. The van der Waals surface area contributed by atoms with Crippen LogP contribution in [0.4, 0.5) is 0 Å². The fourth-order valence-corrected chi connectivity index (χ4v) is 2.44. The molecule has 0 bridgehead atoms. The van der Waals surface area contributed by atoms with Crippen LogP contribution in [-0.4, -0.2) is 45.5 Å². The summed E-state index contributed by atoms with van der Waals surface area (Å²) >= 11 is 0. The van der Waals surface area contributed by atoms with Crippen molar-refractivity contribution in [3.05, 3.63) is 0 Å². The van der Waals surface area contributed by atoms with Crippen LogP contribution in [0.5, 0.6) is 0 Å². The lowest BCUT2D eigenvalue weighted by Crippen LogP contribution is -2.55. The number of sulfonamides is 1. The fraction of sp³-hybridized carbons (Fsp3) is 1.00. The van der Waals surface area contributed by atoms with Crippen LogP contribution in [0.3, 0.4) is 0 Å². The molecule has 6 heteroatoms. The van der Waals surface area contributed by atoms with Gasteiger partial charge in [-0.15, -0.1) is 0 Å². The normalized spacial score (nSPS) is 15.9. The predicted octanol–water partition coefficient (Wildman–Crippen LogP) is 0.717. The largest absolute Gasteiger partial charge is 0.377 e. The Hall–Kier alpha value is -0.170. The molecule has 0 radical (unpaired) electrons. The zero-order chi connectivity index (χ0) is 13.9. The molecule has 0 fully saturated rings. The first-order valence-electron chi connectivity index (χ1n) is 5.67. The highest BCUT2D eigenvalue weighted by Crippen LogP contribution is 2.14. The summed E-state index contributed by atoms with van der Waals surface area (Å²) in [5, 5.41) is 3.28. The second-order valence-corrected chi connectivity index (χ2v) is 7.42. The van der Waals surface area contributed by atoms with E-state index < -0.39 is 15.6 Å². The molecule has 0 saturated heterocycles. The van der Waals surface area contributed by atoms with Crippen LogP contribution in [0.15, 0.2) is 0 Å². The van der Waals surface area contributed by atoms with E-state index in [1.54, 1.807) is 7.11 Å². The third kappa shape index (κ3) is 6.98. The SMILES string of the molecule is COC(C)(C)C(C)NCC(C)(C)NS(C)(=O)=O. The average Bonchev–Trinajstić information content (AvgIpc) is 2.10. The van der Waals surface area contributed by atoms with E-state index in [4.69, 9.17) is 4.74 Å². The van der Waals surface area contributed by atoms with Gasteiger partial charge in [-0.2, -0.15) is 0 Å². The summed E-state index contributed by atoms with van der Waals surface area (Å²) in [5.41, 5.74) is -0.813. The first kappa shape index (κ1) is 16.8. The van der Waals surface area contributed by atoms with Crippen molar-refractivity contribution in [2.45, 2.75) is 51.8 Å². The highest BCUT2D eigenvalue weighted by molar-refractivity contribution is 7.88. The van der Waals surface area contributed by atoms with Gasteiger partial charge in [-0.3, -0.25) is 0 Å². The molecule has 0 heterocycles. The van der Waals surface area contributed by atoms with Crippen LogP contribution in [-0.2, 0) is 14.8 Å². The minimum absolute atomic E-state index is 0.119. The summed E-state index contributed by atoms with van der Waals surface area (Å²) in [5.74, 6) is 0. The Morgan fingerprint density at radius 2 is 1.71 bits per heavy atom. The molecule has 5 nitrogen and oxygen atoms in total. The van der Waals surface area contributed by atoms with E-state index in [0.717, 1.165) is 6.26 Å². The molecular formula is C11H26N2O3S. The average molecular weight is 266 g/mol. The molecule has 0 amide bonds. The zero-order valence-corrected chi connectivity index (χ0v) is 12.7. The van der Waals surface area contributed by atoms with Gasteiger partial charge in [-0.25, -0.2) is 13.1 Å². The van der Waals surface area contributed by atoms with Crippen LogP contribution in [0.2, 0.25) is 0 Å². The maximum atomic E-state index is 11.2. The maximum Gasteiger partial charge on any atom is 0.209 e. The van der Waals surface area contributed by atoms with Crippen molar-refractivity contribution < 1.29 is 13.2 Å². The Bertz CT molecular complexity index is 337. The van der Waals surface area contributed by atoms with E-state index >= 15 is 0 Å². The third-order valence-electron chi connectivity index (χ3n) is 2.88. The molecule has 0 aromatic carbocycles. The fourth-order valence-electron chi connectivity index (χ4n) is 1.37. The molecule has 2 N–H and O–H groups in total. The summed E-state index contributed by atoms with van der Waals surface area (Å²) < 4.78 is 30.3. The molecule has 0 aromatic heterocycles. The maximum absolute atomic E-state index is 11.2. The first-order chi connectivity index (χ1) is 7.40. The van der Waals surface area contributed by atoms with Crippen molar-refractivity contribution in [2.24, 2.45) is 0 Å². The Morgan fingerprint density at radius 1 is 1.24 bits per heavy atom. The number of ether oxygens (including phenoxy) is 1. The zero-order valence-electron chi connectivity index (χ0n) is 11.9. The molecule has 0 aliphatic carbocycles. The number of rotatable bonds is 7. The molecule has 0 saturated carbocycles. The lowest BCUT2D eigenvalue weighted by atomic mass is 9.99. The Morgan fingerprint density at radius 3 is 2.06 bits per heavy atom. The Balaban J connectivity index is 4.37. The van der Waals surface area contributed by atoms with Crippen molar-refractivity contribution in [3.8, 4) is 0 Å². The molecule has 0 aromatic rings. The van der Waals surface area contributed by atoms with E-state index in [1.807, 2.05) is 34.6 Å². The minimum Gasteiger partial charge on any atom is -0.377 e. The lowest BCUT2D eigenvalue weighted by Gasteiger charge is -2.34. The smallest absolute Gasteiger partial charge is 0.209 e. The van der Waals surface area contributed by atoms with Gasteiger partial charge >= 0.3 is 0 Å². The molecule has 0 aliphatic heterocycles. The van der Waals surface area contributed by atoms with Gasteiger partial charge in [0.2, 0.25) is 10.0 Å². The van der Waals surface area contributed by atoms with Crippen LogP contribution < -0.4 is 10.0 Å². The molecule has 1 atom stereocenters. The van der Waals surface area contributed by atoms with E-state index in [1.165, 1.54) is 0 Å². The van der Waals surface area contributed by atoms with E-state index in [-0.39, 0.29) is 11.6 Å². The van der Waals surface area contributed by atoms with Crippen molar-refractivity contribution in [2.75, 3.05) is 19.9 Å². The monoisotopic (exact) mass is 266 g/mol. The van der Waals surface area contributed by atoms with Gasteiger partial charge in [0, 0.05) is 25.2 Å². The summed E-state index contributed by atoms with van der Waals surface area (Å²) in [6.07, 6.45) is 1.16. The molecule has 0 aliphatic rings. The van der Waals surface area contributed by atoms with Crippen LogP contribution in [0.1, 0.15) is 34.6 Å². The first-order valence-corrected chi connectivity index (χ1v) is 7.56. The minimum atomic E-state index is -3.19. The highest BCUT2D eigenvalue weighted by atomic mass is 32.2. The van der Waals surface area contributed by atoms with E-state index in [2.05, 4.69) is 10.0 Å². The number of hydrogen-bond donors (Lipinski definition) is 2. The molecule has 104 valence electrons. The van der Waals surface area contributed by atoms with Gasteiger partial charge in [0.25, 0.3) is 0 Å². The van der Waals surface area contributed by atoms with Gasteiger partial charge in [0.05, 0.1) is 11.9 Å². The molecule has 0 spiro atoms. The number of methoxy groups -OCH3 is 1. The van der Waals surface area contributed by atoms with Crippen molar-refractivity contribution >= 4 is 10.0 Å². The second-order valence-electron chi connectivity index (χ2n) is 5.67. The highest BCUT2D eigenvalue weighted by Gasteiger charge is 2.28. The summed E-state index contributed by atoms with van der Waals surface area (Å²) in [7, 11) is -1.53. The van der Waals surface area contributed by atoms with Gasteiger partial charge in [-0.05, 0) is 34.6 Å². The third-order valence-corrected chi connectivity index (χ3v) is 3.80. The Kier molecular flexibility index (Phi) is 5.59. The lowest BCUT2D eigenvalue weighted by molar-refractivity contribution is -0.00605. The number of nitrogens with one attached hydrogen (secondary N) is 2. The van der Waals surface area contributed by atoms with Crippen molar-refractivity contribution in [1.82, 2.24) is 10.0 Å². The van der Waals surface area contributed by atoms with E-state index in [0.29, 0.717) is 6.54 Å². The molecular weight excluding hydrogens is 240 g/mol. The van der Waals surface area contributed by atoms with Gasteiger partial charge in [-0.1, -0.05) is 0 Å². The van der Waals surface area contributed by atoms with Gasteiger partial charge in [0.1, 0.15) is 0 Å². The van der Waals surface area contributed by atoms with E-state index in [9.17, 15) is 8.42 Å². The molecule has 1 unspecified atom stereocenters. The molecule has 17 heavy (non-hydrogen) atoms. The summed E-state index contributed by atoms with van der Waals surface area (Å²) in [4.78, 5) is 0. The van der Waals surface area contributed by atoms with Gasteiger partial charge in [0.15, 0.2) is 0 Å².